The molecule has 0 unspecified atom stereocenters. The van der Waals surface area contributed by atoms with Crippen LogP contribution in [0.4, 0.5) is 0 Å². The molecule has 1 amide bonds. The summed E-state index contributed by atoms with van der Waals surface area (Å²) in [6.07, 6.45) is 1.51. The maximum atomic E-state index is 12.6. The fourth-order valence-electron chi connectivity index (χ4n) is 2.49. The summed E-state index contributed by atoms with van der Waals surface area (Å²) in [5, 5.41) is 0. The number of hydrogen-bond donors (Lipinski definition) is 0. The van der Waals surface area contributed by atoms with Crippen molar-refractivity contribution in [3.8, 4) is 0 Å². The van der Waals surface area contributed by atoms with Gasteiger partial charge in [-0.25, -0.2) is 4.79 Å². The number of likely N-dealkylation sites (tertiary alicyclic amines) is 1. The molecule has 0 saturated carbocycles. The zero-order chi connectivity index (χ0) is 15.6. The van der Waals surface area contributed by atoms with Gasteiger partial charge in [-0.1, -0.05) is 17.7 Å². The predicted molar refractivity (Wildman–Crippen MR) is 81.1 cm³/mol. The molecule has 0 aromatic heterocycles. The molecular formula is C17H23NO3. The number of esters is 1. The van der Waals surface area contributed by atoms with Gasteiger partial charge in [-0.2, -0.15) is 0 Å². The van der Waals surface area contributed by atoms with Crippen LogP contribution in [0.2, 0.25) is 0 Å². The molecule has 21 heavy (non-hydrogen) atoms. The summed E-state index contributed by atoms with van der Waals surface area (Å²) < 4.78 is 5.42. The van der Waals surface area contributed by atoms with Crippen LogP contribution in [0.25, 0.3) is 0 Å². The normalized spacial score (nSPS) is 18.7. The molecule has 0 aliphatic carbocycles. The van der Waals surface area contributed by atoms with Crippen LogP contribution in [0, 0.1) is 6.92 Å². The van der Waals surface area contributed by atoms with E-state index in [1.165, 1.54) is 0 Å². The van der Waals surface area contributed by atoms with E-state index in [1.807, 2.05) is 52.0 Å². The third-order valence-corrected chi connectivity index (χ3v) is 3.49. The van der Waals surface area contributed by atoms with Gasteiger partial charge >= 0.3 is 5.97 Å². The number of rotatable bonds is 2. The first-order valence-electron chi connectivity index (χ1n) is 7.38. The minimum absolute atomic E-state index is 0.0941. The lowest BCUT2D eigenvalue weighted by atomic mass is 10.1. The first-order valence-corrected chi connectivity index (χ1v) is 7.38. The highest BCUT2D eigenvalue weighted by Gasteiger charge is 2.37. The number of amides is 1. The number of ether oxygens (including phenoxy) is 1. The van der Waals surface area contributed by atoms with Crippen LogP contribution in [0.15, 0.2) is 24.3 Å². The molecule has 0 N–H and O–H groups in total. The molecular weight excluding hydrogens is 266 g/mol. The highest BCUT2D eigenvalue weighted by molar-refractivity contribution is 5.97. The van der Waals surface area contributed by atoms with E-state index in [2.05, 4.69) is 0 Å². The van der Waals surface area contributed by atoms with Crippen molar-refractivity contribution in [2.24, 2.45) is 0 Å². The Morgan fingerprint density at radius 1 is 1.19 bits per heavy atom. The molecule has 1 aromatic rings. The molecule has 0 spiro atoms. The predicted octanol–water partition coefficient (Wildman–Crippen LogP) is 2.94. The van der Waals surface area contributed by atoms with Crippen molar-refractivity contribution in [1.29, 1.82) is 0 Å². The maximum Gasteiger partial charge on any atom is 0.329 e. The van der Waals surface area contributed by atoms with Crippen molar-refractivity contribution in [2.45, 2.75) is 52.2 Å². The molecule has 4 nitrogen and oxygen atoms in total. The summed E-state index contributed by atoms with van der Waals surface area (Å²) in [6.45, 7) is 8.11. The Kier molecular flexibility index (Phi) is 4.35. The van der Waals surface area contributed by atoms with Gasteiger partial charge in [0.1, 0.15) is 11.6 Å². The van der Waals surface area contributed by atoms with Crippen molar-refractivity contribution in [1.82, 2.24) is 4.90 Å². The van der Waals surface area contributed by atoms with Crippen molar-refractivity contribution in [2.75, 3.05) is 6.54 Å². The Hall–Kier alpha value is -1.84. The SMILES string of the molecule is Cc1ccc(C(=O)N2CCC[C@H]2C(=O)OC(C)(C)C)cc1. The zero-order valence-corrected chi connectivity index (χ0v) is 13.2. The van der Waals surface area contributed by atoms with E-state index in [-0.39, 0.29) is 11.9 Å². The van der Waals surface area contributed by atoms with Crippen molar-refractivity contribution < 1.29 is 14.3 Å². The minimum atomic E-state index is -0.530. The van der Waals surface area contributed by atoms with Crippen LogP contribution in [0.1, 0.15) is 49.5 Å². The Bertz CT molecular complexity index is 528. The Balaban J connectivity index is 2.13. The maximum absolute atomic E-state index is 12.6. The smallest absolute Gasteiger partial charge is 0.329 e. The monoisotopic (exact) mass is 289 g/mol. The summed E-state index contributed by atoms with van der Waals surface area (Å²) in [4.78, 5) is 26.4. The van der Waals surface area contributed by atoms with Gasteiger partial charge in [-0.05, 0) is 52.7 Å². The third kappa shape index (κ3) is 3.84. The summed E-state index contributed by atoms with van der Waals surface area (Å²) in [5.41, 5.74) is 1.20. The summed E-state index contributed by atoms with van der Waals surface area (Å²) in [5.74, 6) is -0.399. The lowest BCUT2D eigenvalue weighted by molar-refractivity contribution is -0.159. The molecule has 0 radical (unpaired) electrons. The zero-order valence-electron chi connectivity index (χ0n) is 13.2. The van der Waals surface area contributed by atoms with Gasteiger partial charge < -0.3 is 9.64 Å². The van der Waals surface area contributed by atoms with Gasteiger partial charge in [0.05, 0.1) is 0 Å². The largest absolute Gasteiger partial charge is 0.458 e. The molecule has 1 aliphatic heterocycles. The van der Waals surface area contributed by atoms with E-state index in [0.717, 1.165) is 12.0 Å². The van der Waals surface area contributed by atoms with Gasteiger partial charge in [0.2, 0.25) is 0 Å². The van der Waals surface area contributed by atoms with E-state index in [4.69, 9.17) is 4.74 Å². The van der Waals surface area contributed by atoms with Crippen LogP contribution in [-0.4, -0.2) is 35.0 Å². The van der Waals surface area contributed by atoms with Gasteiger partial charge in [0.25, 0.3) is 5.91 Å². The quantitative estimate of drug-likeness (QED) is 0.786. The fourth-order valence-corrected chi connectivity index (χ4v) is 2.49. The Labute approximate surface area is 126 Å². The first kappa shape index (κ1) is 15.5. The summed E-state index contributed by atoms with van der Waals surface area (Å²) in [7, 11) is 0. The molecule has 1 saturated heterocycles. The van der Waals surface area contributed by atoms with E-state index in [0.29, 0.717) is 18.5 Å². The van der Waals surface area contributed by atoms with E-state index >= 15 is 0 Å². The van der Waals surface area contributed by atoms with Crippen molar-refractivity contribution in [3.63, 3.8) is 0 Å². The Morgan fingerprint density at radius 2 is 1.81 bits per heavy atom. The van der Waals surface area contributed by atoms with Gasteiger partial charge in [-0.3, -0.25) is 4.79 Å². The number of nitrogens with zero attached hydrogens (tertiary/aromatic N) is 1. The van der Waals surface area contributed by atoms with Crippen LogP contribution < -0.4 is 0 Å². The molecule has 1 fully saturated rings. The van der Waals surface area contributed by atoms with Gasteiger partial charge in [-0.15, -0.1) is 0 Å². The molecule has 1 heterocycles. The summed E-state index contributed by atoms with van der Waals surface area (Å²) in [6, 6.07) is 6.97. The first-order chi connectivity index (χ1) is 9.78. The summed E-state index contributed by atoms with van der Waals surface area (Å²) >= 11 is 0. The van der Waals surface area contributed by atoms with Crippen LogP contribution in [-0.2, 0) is 9.53 Å². The number of hydrogen-bond acceptors (Lipinski definition) is 3. The molecule has 1 aliphatic rings. The average molecular weight is 289 g/mol. The third-order valence-electron chi connectivity index (χ3n) is 3.49. The molecule has 0 bridgehead atoms. The average Bonchev–Trinajstić information content (AvgIpc) is 2.86. The second-order valence-corrected chi connectivity index (χ2v) is 6.56. The van der Waals surface area contributed by atoms with E-state index < -0.39 is 11.6 Å². The molecule has 4 heteroatoms. The number of carbonyl (C=O) groups is 2. The second-order valence-electron chi connectivity index (χ2n) is 6.56. The van der Waals surface area contributed by atoms with E-state index in [1.54, 1.807) is 4.90 Å². The minimum Gasteiger partial charge on any atom is -0.458 e. The topological polar surface area (TPSA) is 46.6 Å². The van der Waals surface area contributed by atoms with Gasteiger partial charge in [0, 0.05) is 12.1 Å². The van der Waals surface area contributed by atoms with Crippen LogP contribution >= 0.6 is 0 Å². The van der Waals surface area contributed by atoms with Crippen LogP contribution in [0.5, 0.6) is 0 Å². The Morgan fingerprint density at radius 3 is 2.38 bits per heavy atom. The highest BCUT2D eigenvalue weighted by Crippen LogP contribution is 2.23. The number of carbonyl (C=O) groups excluding carboxylic acids is 2. The fraction of sp³-hybridized carbons (Fsp3) is 0.529. The standard InChI is InChI=1S/C17H23NO3/c1-12-7-9-13(10-8-12)15(19)18-11-5-6-14(18)16(20)21-17(2,3)4/h7-10,14H,5-6,11H2,1-4H3/t14-/m0/s1. The lowest BCUT2D eigenvalue weighted by Crippen LogP contribution is -2.43. The molecule has 1 atom stereocenters. The number of aryl methyl sites for hydroxylation is 1. The second kappa shape index (κ2) is 5.88. The van der Waals surface area contributed by atoms with E-state index in [9.17, 15) is 9.59 Å². The van der Waals surface area contributed by atoms with Crippen LogP contribution in [0.3, 0.4) is 0 Å². The molecule has 2 rings (SSSR count). The van der Waals surface area contributed by atoms with Gasteiger partial charge in [0.15, 0.2) is 0 Å². The van der Waals surface area contributed by atoms with Crippen molar-refractivity contribution in [3.05, 3.63) is 35.4 Å². The van der Waals surface area contributed by atoms with Crippen molar-refractivity contribution >= 4 is 11.9 Å². The molecule has 114 valence electrons. The lowest BCUT2D eigenvalue weighted by Gasteiger charge is -2.27. The highest BCUT2D eigenvalue weighted by atomic mass is 16.6. The molecule has 1 aromatic carbocycles. The number of benzene rings is 1.